The number of hydrogen-bond donors (Lipinski definition) is 0. The molecule has 0 aliphatic heterocycles. The van der Waals surface area contributed by atoms with E-state index in [0.717, 1.165) is 48.0 Å². The maximum Gasteiger partial charge on any atom is 0.573 e. The minimum atomic E-state index is -4.69. The van der Waals surface area contributed by atoms with Gasteiger partial charge in [-0.15, -0.1) is 13.2 Å². The average Bonchev–Trinajstić information content (AvgIpc) is 3.23. The number of benzene rings is 1. The molecular weight excluding hydrogens is 509 g/mol. The van der Waals surface area contributed by atoms with E-state index in [2.05, 4.69) is 39.4 Å². The highest BCUT2D eigenvalue weighted by Gasteiger charge is 2.61. The Morgan fingerprint density at radius 1 is 0.875 bits per heavy atom. The van der Waals surface area contributed by atoms with Gasteiger partial charge >= 0.3 is 6.36 Å². The molecule has 5 rings (SSSR count). The van der Waals surface area contributed by atoms with Crippen molar-refractivity contribution in [2.24, 2.45) is 58.2 Å². The van der Waals surface area contributed by atoms with Gasteiger partial charge in [0.2, 0.25) is 0 Å². The van der Waals surface area contributed by atoms with E-state index in [1.807, 2.05) is 0 Å². The second-order valence-corrected chi connectivity index (χ2v) is 15.1. The number of Topliss-reactive ketones (excluding diaryl/α,β-unsaturated/α-hetero) is 1. The van der Waals surface area contributed by atoms with Crippen LogP contribution in [0.1, 0.15) is 111 Å². The SMILES string of the molecule is CC(C)CCC[C@@H](C)[C@H]1CC[C@H]2[C@@H]3CC[C@H]4[C@H](Cc5ccc(OC(F)(F)F)cc5)C(=O)CC[C@]4(C)[C@H]3CC[C@]12C. The number of ether oxygens (including phenoxy) is 1. The van der Waals surface area contributed by atoms with E-state index in [1.54, 1.807) is 12.1 Å². The van der Waals surface area contributed by atoms with Crippen LogP contribution >= 0.6 is 0 Å². The van der Waals surface area contributed by atoms with Crippen LogP contribution in [0.2, 0.25) is 0 Å². The Balaban J connectivity index is 1.28. The molecule has 40 heavy (non-hydrogen) atoms. The van der Waals surface area contributed by atoms with Gasteiger partial charge in [0, 0.05) is 12.3 Å². The summed E-state index contributed by atoms with van der Waals surface area (Å²) in [6.07, 6.45) is 9.40. The molecule has 0 radical (unpaired) electrons. The van der Waals surface area contributed by atoms with E-state index < -0.39 is 6.36 Å². The van der Waals surface area contributed by atoms with Gasteiger partial charge in [0.05, 0.1) is 0 Å². The lowest BCUT2D eigenvalue weighted by Crippen LogP contribution is -2.56. The third-order valence-corrected chi connectivity index (χ3v) is 12.6. The molecule has 5 heteroatoms. The van der Waals surface area contributed by atoms with E-state index in [9.17, 15) is 18.0 Å². The molecule has 1 aromatic carbocycles. The van der Waals surface area contributed by atoms with E-state index in [1.165, 1.54) is 63.5 Å². The van der Waals surface area contributed by atoms with Crippen molar-refractivity contribution in [1.29, 1.82) is 0 Å². The maximum atomic E-state index is 13.3. The lowest BCUT2D eigenvalue weighted by molar-refractivity contribution is -0.274. The first-order valence-electron chi connectivity index (χ1n) is 16.2. The first kappa shape index (κ1) is 30.0. The van der Waals surface area contributed by atoms with E-state index in [0.29, 0.717) is 35.9 Å². The van der Waals surface area contributed by atoms with Crippen LogP contribution in [0, 0.1) is 58.2 Å². The fourth-order valence-electron chi connectivity index (χ4n) is 10.7. The zero-order valence-corrected chi connectivity index (χ0v) is 25.4. The second-order valence-electron chi connectivity index (χ2n) is 15.1. The summed E-state index contributed by atoms with van der Waals surface area (Å²) >= 11 is 0. The number of alkyl halides is 3. The van der Waals surface area contributed by atoms with Crippen molar-refractivity contribution in [3.63, 3.8) is 0 Å². The molecule has 4 aliphatic carbocycles. The predicted molar refractivity (Wildman–Crippen MR) is 154 cm³/mol. The Hall–Kier alpha value is -1.52. The number of halogens is 3. The maximum absolute atomic E-state index is 13.3. The number of hydrogen-bond acceptors (Lipinski definition) is 2. The van der Waals surface area contributed by atoms with Crippen molar-refractivity contribution in [1.82, 2.24) is 0 Å². The van der Waals surface area contributed by atoms with Crippen molar-refractivity contribution in [3.05, 3.63) is 29.8 Å². The number of carbonyl (C=O) groups is 1. The summed E-state index contributed by atoms with van der Waals surface area (Å²) in [5, 5.41) is 0. The van der Waals surface area contributed by atoms with E-state index >= 15 is 0 Å². The molecule has 1 aromatic rings. The predicted octanol–water partition coefficient (Wildman–Crippen LogP) is 10.0. The van der Waals surface area contributed by atoms with Crippen molar-refractivity contribution in [3.8, 4) is 5.75 Å². The van der Waals surface area contributed by atoms with Crippen LogP contribution in [0.3, 0.4) is 0 Å². The highest BCUT2D eigenvalue weighted by atomic mass is 19.4. The molecule has 0 amide bonds. The summed E-state index contributed by atoms with van der Waals surface area (Å²) in [4.78, 5) is 13.3. The topological polar surface area (TPSA) is 26.3 Å². The van der Waals surface area contributed by atoms with Gasteiger partial charge in [-0.05, 0) is 121 Å². The minimum absolute atomic E-state index is 0.0281. The van der Waals surface area contributed by atoms with E-state index in [-0.39, 0.29) is 17.1 Å². The van der Waals surface area contributed by atoms with Gasteiger partial charge in [-0.3, -0.25) is 4.79 Å². The Kier molecular flexibility index (Phi) is 8.45. The van der Waals surface area contributed by atoms with Gasteiger partial charge in [0.25, 0.3) is 0 Å². The molecule has 4 saturated carbocycles. The molecule has 2 nitrogen and oxygen atoms in total. The molecule has 0 N–H and O–H groups in total. The van der Waals surface area contributed by atoms with Crippen molar-refractivity contribution < 1.29 is 22.7 Å². The van der Waals surface area contributed by atoms with Crippen molar-refractivity contribution in [2.45, 2.75) is 118 Å². The summed E-state index contributed by atoms with van der Waals surface area (Å²) in [7, 11) is 0. The zero-order valence-electron chi connectivity index (χ0n) is 25.4. The normalized spacial score (nSPS) is 38.5. The zero-order chi connectivity index (χ0) is 28.9. The van der Waals surface area contributed by atoms with Gasteiger partial charge in [-0.25, -0.2) is 0 Å². The molecule has 9 atom stereocenters. The summed E-state index contributed by atoms with van der Waals surface area (Å²) in [6, 6.07) is 6.18. The first-order valence-corrected chi connectivity index (χ1v) is 16.2. The van der Waals surface area contributed by atoms with Gasteiger partial charge in [0.1, 0.15) is 11.5 Å². The molecule has 0 spiro atoms. The Morgan fingerprint density at radius 3 is 2.23 bits per heavy atom. The highest BCUT2D eigenvalue weighted by Crippen LogP contribution is 2.68. The molecular formula is C35H51F3O2. The number of rotatable bonds is 8. The smallest absolute Gasteiger partial charge is 0.406 e. The van der Waals surface area contributed by atoms with Gasteiger partial charge in [-0.2, -0.15) is 0 Å². The van der Waals surface area contributed by atoms with Crippen molar-refractivity contribution >= 4 is 5.78 Å². The summed E-state index contributed by atoms with van der Waals surface area (Å²) in [5.41, 5.74) is 1.58. The fourth-order valence-corrected chi connectivity index (χ4v) is 10.7. The van der Waals surface area contributed by atoms with Gasteiger partial charge in [-0.1, -0.05) is 66.0 Å². The Bertz CT molecular complexity index is 1030. The number of fused-ring (bicyclic) bond motifs is 5. The molecule has 4 fully saturated rings. The van der Waals surface area contributed by atoms with Gasteiger partial charge < -0.3 is 4.74 Å². The van der Waals surface area contributed by atoms with Crippen LogP contribution in [0.25, 0.3) is 0 Å². The Morgan fingerprint density at radius 2 is 1.55 bits per heavy atom. The summed E-state index contributed by atoms with van der Waals surface area (Å²) in [6.45, 7) is 12.3. The van der Waals surface area contributed by atoms with Crippen LogP contribution in [0.5, 0.6) is 5.75 Å². The van der Waals surface area contributed by atoms with E-state index in [4.69, 9.17) is 0 Å². The first-order chi connectivity index (χ1) is 18.8. The molecule has 0 saturated heterocycles. The average molecular weight is 561 g/mol. The highest BCUT2D eigenvalue weighted by molar-refractivity contribution is 5.82. The lowest BCUT2D eigenvalue weighted by atomic mass is 9.43. The van der Waals surface area contributed by atoms with Crippen LogP contribution in [0.15, 0.2) is 24.3 Å². The van der Waals surface area contributed by atoms with Crippen LogP contribution in [0.4, 0.5) is 13.2 Å². The second kappa shape index (κ2) is 11.3. The van der Waals surface area contributed by atoms with Crippen LogP contribution < -0.4 is 4.74 Å². The molecule has 224 valence electrons. The number of ketones is 1. The molecule has 0 unspecified atom stereocenters. The largest absolute Gasteiger partial charge is 0.573 e. The third kappa shape index (κ3) is 5.74. The molecule has 0 heterocycles. The number of carbonyl (C=O) groups excluding carboxylic acids is 1. The molecule has 4 aliphatic rings. The molecule has 0 bridgehead atoms. The van der Waals surface area contributed by atoms with Crippen molar-refractivity contribution in [2.75, 3.05) is 0 Å². The Labute approximate surface area is 240 Å². The monoisotopic (exact) mass is 560 g/mol. The standard InChI is InChI=1S/C35H51F3O2/c1-22(2)7-6-8-23(3)28-15-16-29-26-13-14-30-27(21-24-9-11-25(12-10-24)40-35(36,37)38)32(39)18-20-34(30,5)31(26)17-19-33(28,29)4/h9-12,22-23,26-31H,6-8,13-21H2,1-5H3/t23-,26+,27+,28-,29+,30+,31+,33-,34+/m1/s1. The molecule has 0 aromatic heterocycles. The fraction of sp³-hybridized carbons (Fsp3) is 0.800. The summed E-state index contributed by atoms with van der Waals surface area (Å²) < 4.78 is 41.9. The summed E-state index contributed by atoms with van der Waals surface area (Å²) in [5.74, 6) is 5.23. The van der Waals surface area contributed by atoms with Crippen LogP contribution in [-0.4, -0.2) is 12.1 Å². The quantitative estimate of drug-likeness (QED) is 0.316. The van der Waals surface area contributed by atoms with Crippen LogP contribution in [-0.2, 0) is 11.2 Å². The van der Waals surface area contributed by atoms with Gasteiger partial charge in [0.15, 0.2) is 0 Å². The lowest BCUT2D eigenvalue weighted by Gasteiger charge is -2.62. The minimum Gasteiger partial charge on any atom is -0.406 e. The third-order valence-electron chi connectivity index (χ3n) is 12.6.